The average Bonchev–Trinajstić information content (AvgIpc) is 2.23. The van der Waals surface area contributed by atoms with Gasteiger partial charge in [0.05, 0.1) is 11.4 Å². The molecule has 0 bridgehead atoms. The summed E-state index contributed by atoms with van der Waals surface area (Å²) in [4.78, 5) is 13.2. The van der Waals surface area contributed by atoms with Crippen molar-refractivity contribution in [3.63, 3.8) is 0 Å². The topological polar surface area (TPSA) is 55.6 Å². The van der Waals surface area contributed by atoms with Gasteiger partial charge in [-0.2, -0.15) is 0 Å². The van der Waals surface area contributed by atoms with Crippen LogP contribution in [0.1, 0.15) is 0 Å². The summed E-state index contributed by atoms with van der Waals surface area (Å²) in [5.41, 5.74) is 7.02. The molecule has 0 spiro atoms. The Kier molecular flexibility index (Phi) is 2.33. The molecule has 0 aliphatic carbocycles. The van der Waals surface area contributed by atoms with E-state index in [0.29, 0.717) is 23.7 Å². The van der Waals surface area contributed by atoms with Gasteiger partial charge in [-0.3, -0.25) is 4.79 Å². The van der Waals surface area contributed by atoms with Crippen molar-refractivity contribution in [2.24, 2.45) is 0 Å². The number of nitrogen functional groups attached to an aromatic ring is 1. The van der Waals surface area contributed by atoms with Gasteiger partial charge in [0.1, 0.15) is 0 Å². The fourth-order valence-electron chi connectivity index (χ4n) is 1.59. The second kappa shape index (κ2) is 3.65. The highest BCUT2D eigenvalue weighted by Gasteiger charge is 2.25. The van der Waals surface area contributed by atoms with Gasteiger partial charge in [0.2, 0.25) is 0 Å². The van der Waals surface area contributed by atoms with Crippen molar-refractivity contribution in [3.05, 3.63) is 30.9 Å². The zero-order valence-corrected chi connectivity index (χ0v) is 8.27. The van der Waals surface area contributed by atoms with Crippen LogP contribution in [0.15, 0.2) is 30.9 Å². The molecule has 0 aromatic heterocycles. The molecule has 0 saturated carbocycles. The number of fused-ring (bicyclic) bond motifs is 1. The van der Waals surface area contributed by atoms with E-state index in [1.54, 1.807) is 23.1 Å². The molecule has 1 aliphatic rings. The number of amides is 1. The minimum absolute atomic E-state index is 0.0368. The number of carbonyl (C=O) groups is 1. The molecule has 0 atom stereocenters. The summed E-state index contributed by atoms with van der Waals surface area (Å²) in [5, 5.41) is 0. The Balaban J connectivity index is 2.47. The smallest absolute Gasteiger partial charge is 0.265 e. The lowest BCUT2D eigenvalue weighted by Crippen LogP contribution is -2.39. The molecule has 1 aromatic rings. The third-order valence-electron chi connectivity index (χ3n) is 2.27. The first kappa shape index (κ1) is 9.58. The number of carbonyl (C=O) groups excluding carboxylic acids is 1. The summed E-state index contributed by atoms with van der Waals surface area (Å²) in [7, 11) is 0. The lowest BCUT2D eigenvalue weighted by molar-refractivity contribution is -0.121. The van der Waals surface area contributed by atoms with Gasteiger partial charge in [-0.1, -0.05) is 12.1 Å². The van der Waals surface area contributed by atoms with Gasteiger partial charge in [-0.15, -0.1) is 6.58 Å². The first-order valence-electron chi connectivity index (χ1n) is 4.66. The van der Waals surface area contributed by atoms with Crippen LogP contribution in [0, 0.1) is 0 Å². The predicted molar refractivity (Wildman–Crippen MR) is 58.9 cm³/mol. The minimum atomic E-state index is -0.0759. The molecular formula is C11H12N2O2. The van der Waals surface area contributed by atoms with Crippen molar-refractivity contribution in [1.82, 2.24) is 0 Å². The Morgan fingerprint density at radius 2 is 2.40 bits per heavy atom. The monoisotopic (exact) mass is 204 g/mol. The molecule has 4 heteroatoms. The van der Waals surface area contributed by atoms with Gasteiger partial charge in [0.25, 0.3) is 5.91 Å². The molecule has 4 nitrogen and oxygen atoms in total. The highest BCUT2D eigenvalue weighted by Crippen LogP contribution is 2.36. The number of nitrogens with zero attached hydrogens (tertiary/aromatic N) is 1. The maximum absolute atomic E-state index is 11.6. The number of anilines is 2. The van der Waals surface area contributed by atoms with E-state index in [4.69, 9.17) is 10.5 Å². The molecule has 2 N–H and O–H groups in total. The van der Waals surface area contributed by atoms with Gasteiger partial charge in [0, 0.05) is 6.54 Å². The van der Waals surface area contributed by atoms with Crippen LogP contribution in [0.2, 0.25) is 0 Å². The van der Waals surface area contributed by atoms with Gasteiger partial charge in [0.15, 0.2) is 12.4 Å². The highest BCUT2D eigenvalue weighted by atomic mass is 16.5. The number of hydrogen-bond acceptors (Lipinski definition) is 3. The number of nitrogens with two attached hydrogens (primary N) is 1. The maximum Gasteiger partial charge on any atom is 0.265 e. The molecule has 0 fully saturated rings. The SMILES string of the molecule is C=CCN1C(=O)COc2c(N)cccc21. The summed E-state index contributed by atoms with van der Waals surface area (Å²) in [6, 6.07) is 5.36. The summed E-state index contributed by atoms with van der Waals surface area (Å²) in [6.07, 6.45) is 1.68. The molecule has 0 saturated heterocycles. The van der Waals surface area contributed by atoms with E-state index in [9.17, 15) is 4.79 Å². The maximum atomic E-state index is 11.6. The molecule has 1 heterocycles. The summed E-state index contributed by atoms with van der Waals surface area (Å²) >= 11 is 0. The quantitative estimate of drug-likeness (QED) is 0.581. The first-order chi connectivity index (χ1) is 7.24. The molecule has 0 unspecified atom stereocenters. The molecule has 78 valence electrons. The normalized spacial score (nSPS) is 14.4. The fraction of sp³-hybridized carbons (Fsp3) is 0.182. The fourth-order valence-corrected chi connectivity index (χ4v) is 1.59. The van der Waals surface area contributed by atoms with Crippen LogP contribution in [0.5, 0.6) is 5.75 Å². The number of rotatable bonds is 2. The van der Waals surface area contributed by atoms with Crippen LogP contribution in [0.4, 0.5) is 11.4 Å². The second-order valence-electron chi connectivity index (χ2n) is 3.28. The minimum Gasteiger partial charge on any atom is -0.479 e. The molecule has 1 amide bonds. The van der Waals surface area contributed by atoms with E-state index in [1.807, 2.05) is 6.07 Å². The summed E-state index contributed by atoms with van der Waals surface area (Å²) in [5.74, 6) is 0.506. The van der Waals surface area contributed by atoms with E-state index < -0.39 is 0 Å². The van der Waals surface area contributed by atoms with Crippen molar-refractivity contribution in [2.75, 3.05) is 23.8 Å². The first-order valence-corrected chi connectivity index (χ1v) is 4.66. The van der Waals surface area contributed by atoms with Gasteiger partial charge in [-0.05, 0) is 12.1 Å². The lowest BCUT2D eigenvalue weighted by atomic mass is 10.2. The van der Waals surface area contributed by atoms with E-state index >= 15 is 0 Å². The predicted octanol–water partition coefficient (Wildman–Crippen LogP) is 1.18. The Hall–Kier alpha value is -1.97. The molecule has 15 heavy (non-hydrogen) atoms. The summed E-state index contributed by atoms with van der Waals surface area (Å²) in [6.45, 7) is 4.13. The van der Waals surface area contributed by atoms with Crippen molar-refractivity contribution in [1.29, 1.82) is 0 Å². The van der Waals surface area contributed by atoms with Crippen LogP contribution in [-0.2, 0) is 4.79 Å². The van der Waals surface area contributed by atoms with Crippen LogP contribution >= 0.6 is 0 Å². The third-order valence-corrected chi connectivity index (χ3v) is 2.27. The number of ether oxygens (including phenoxy) is 1. The Labute approximate surface area is 87.9 Å². The van der Waals surface area contributed by atoms with Crippen molar-refractivity contribution in [3.8, 4) is 5.75 Å². The highest BCUT2D eigenvalue weighted by molar-refractivity contribution is 5.99. The van der Waals surface area contributed by atoms with Gasteiger partial charge >= 0.3 is 0 Å². The Bertz CT molecular complexity index is 415. The van der Waals surface area contributed by atoms with E-state index in [-0.39, 0.29) is 12.5 Å². The molecule has 1 aliphatic heterocycles. The molecule has 2 rings (SSSR count). The molecule has 0 radical (unpaired) electrons. The lowest BCUT2D eigenvalue weighted by Gasteiger charge is -2.29. The Morgan fingerprint density at radius 3 is 3.13 bits per heavy atom. The standard InChI is InChI=1S/C11H12N2O2/c1-2-6-13-9-5-3-4-8(12)11(9)15-7-10(13)14/h2-5H,1,6-7,12H2. The third kappa shape index (κ3) is 1.54. The van der Waals surface area contributed by atoms with Crippen LogP contribution in [-0.4, -0.2) is 19.1 Å². The van der Waals surface area contributed by atoms with E-state index in [2.05, 4.69) is 6.58 Å². The van der Waals surface area contributed by atoms with Crippen LogP contribution < -0.4 is 15.4 Å². The van der Waals surface area contributed by atoms with Crippen molar-refractivity contribution >= 4 is 17.3 Å². The molecule has 1 aromatic carbocycles. The zero-order valence-electron chi connectivity index (χ0n) is 8.27. The number of benzene rings is 1. The second-order valence-corrected chi connectivity index (χ2v) is 3.28. The number of hydrogen-bond donors (Lipinski definition) is 1. The largest absolute Gasteiger partial charge is 0.479 e. The van der Waals surface area contributed by atoms with E-state index in [0.717, 1.165) is 0 Å². The average molecular weight is 204 g/mol. The van der Waals surface area contributed by atoms with E-state index in [1.165, 1.54) is 0 Å². The zero-order chi connectivity index (χ0) is 10.8. The van der Waals surface area contributed by atoms with Crippen LogP contribution in [0.25, 0.3) is 0 Å². The van der Waals surface area contributed by atoms with Crippen molar-refractivity contribution < 1.29 is 9.53 Å². The van der Waals surface area contributed by atoms with Gasteiger partial charge in [-0.25, -0.2) is 0 Å². The molecular weight excluding hydrogens is 192 g/mol. The Morgan fingerprint density at radius 1 is 1.60 bits per heavy atom. The van der Waals surface area contributed by atoms with Crippen molar-refractivity contribution in [2.45, 2.75) is 0 Å². The van der Waals surface area contributed by atoms with Crippen LogP contribution in [0.3, 0.4) is 0 Å². The van der Waals surface area contributed by atoms with Gasteiger partial charge < -0.3 is 15.4 Å². The number of para-hydroxylation sites is 1. The summed E-state index contributed by atoms with van der Waals surface area (Å²) < 4.78 is 5.29.